The number of aromatic nitrogens is 1. The van der Waals surface area contributed by atoms with Crippen LogP contribution in [0.15, 0.2) is 36.2 Å². The number of hydrogen-bond acceptors (Lipinski definition) is 5. The number of amides is 2. The largest absolute Gasteiger partial charge is 0.468 e. The second-order valence-corrected chi connectivity index (χ2v) is 8.02. The van der Waals surface area contributed by atoms with Crippen molar-refractivity contribution < 1.29 is 19.1 Å². The van der Waals surface area contributed by atoms with Gasteiger partial charge in [0.25, 0.3) is 5.91 Å². The maximum Gasteiger partial charge on any atom is 0.325 e. The smallest absolute Gasteiger partial charge is 0.325 e. The zero-order chi connectivity index (χ0) is 22.1. The molecule has 8 nitrogen and oxygen atoms in total. The first kappa shape index (κ1) is 21.0. The lowest BCUT2D eigenvalue weighted by Gasteiger charge is -2.16. The van der Waals surface area contributed by atoms with Crippen LogP contribution in [0.5, 0.6) is 0 Å². The Labute approximate surface area is 185 Å². The summed E-state index contributed by atoms with van der Waals surface area (Å²) in [6.45, 7) is 1.69. The fourth-order valence-corrected chi connectivity index (χ4v) is 4.27. The van der Waals surface area contributed by atoms with E-state index in [1.807, 2.05) is 39.9 Å². The van der Waals surface area contributed by atoms with Gasteiger partial charge in [-0.25, -0.2) is 0 Å². The molecule has 31 heavy (non-hydrogen) atoms. The number of carbonyl (C=O) groups excluding carboxylic acids is 3. The lowest BCUT2D eigenvalue weighted by Crippen LogP contribution is -2.33. The summed E-state index contributed by atoms with van der Waals surface area (Å²) >= 11 is 5.35. The van der Waals surface area contributed by atoms with Crippen molar-refractivity contribution in [3.63, 3.8) is 0 Å². The van der Waals surface area contributed by atoms with Crippen molar-refractivity contribution in [2.75, 3.05) is 33.8 Å². The highest BCUT2D eigenvalue weighted by Gasteiger charge is 2.37. The summed E-state index contributed by atoms with van der Waals surface area (Å²) in [5.41, 5.74) is 1.98. The lowest BCUT2D eigenvalue weighted by atomic mass is 10.1. The average Bonchev–Trinajstić information content (AvgIpc) is 3.47. The molecule has 0 bridgehead atoms. The third-order valence-corrected chi connectivity index (χ3v) is 6.22. The van der Waals surface area contributed by atoms with Gasteiger partial charge < -0.3 is 19.1 Å². The first-order valence-electron chi connectivity index (χ1n) is 10.1. The summed E-state index contributed by atoms with van der Waals surface area (Å²) in [4.78, 5) is 42.1. The second kappa shape index (κ2) is 8.50. The normalized spacial score (nSPS) is 18.0. The first-order chi connectivity index (χ1) is 14.9. The van der Waals surface area contributed by atoms with E-state index in [9.17, 15) is 14.4 Å². The summed E-state index contributed by atoms with van der Waals surface area (Å²) in [6.07, 6.45) is 5.68. The van der Waals surface area contributed by atoms with E-state index in [0.717, 1.165) is 42.4 Å². The van der Waals surface area contributed by atoms with Crippen LogP contribution >= 0.6 is 12.2 Å². The number of rotatable bonds is 5. The van der Waals surface area contributed by atoms with Gasteiger partial charge in [0.2, 0.25) is 5.91 Å². The molecule has 0 unspecified atom stereocenters. The van der Waals surface area contributed by atoms with Crippen LogP contribution in [0.1, 0.15) is 18.4 Å². The molecule has 0 aliphatic carbocycles. The number of esters is 1. The number of fused-ring (bicyclic) bond motifs is 1. The van der Waals surface area contributed by atoms with Crippen LogP contribution in [0, 0.1) is 0 Å². The van der Waals surface area contributed by atoms with E-state index >= 15 is 0 Å². The molecule has 2 amide bonds. The molecule has 0 saturated carbocycles. The Hall–Kier alpha value is -3.20. The Morgan fingerprint density at radius 2 is 1.87 bits per heavy atom. The minimum Gasteiger partial charge on any atom is -0.468 e. The molecule has 0 radical (unpaired) electrons. The SMILES string of the molecule is COC(=O)CN1C(=S)N(C)C(=O)/C1=C/c1cn(CC(=O)N2CCCC2)c2ccccc12. The van der Waals surface area contributed by atoms with Crippen molar-refractivity contribution >= 4 is 52.1 Å². The third kappa shape index (κ3) is 3.93. The number of benzene rings is 1. The molecular formula is C22H24N4O4S. The molecule has 0 spiro atoms. The van der Waals surface area contributed by atoms with E-state index in [1.54, 1.807) is 13.1 Å². The van der Waals surface area contributed by atoms with Crippen molar-refractivity contribution in [2.24, 2.45) is 0 Å². The topological polar surface area (TPSA) is 75.1 Å². The molecule has 0 atom stereocenters. The van der Waals surface area contributed by atoms with Gasteiger partial charge in [0.15, 0.2) is 5.11 Å². The van der Waals surface area contributed by atoms with Gasteiger partial charge in [-0.15, -0.1) is 0 Å². The van der Waals surface area contributed by atoms with E-state index in [1.165, 1.54) is 16.9 Å². The van der Waals surface area contributed by atoms with Crippen LogP contribution in [-0.2, 0) is 25.7 Å². The van der Waals surface area contributed by atoms with Crippen LogP contribution in [0.4, 0.5) is 0 Å². The first-order valence-corrected chi connectivity index (χ1v) is 10.5. The molecule has 3 heterocycles. The van der Waals surface area contributed by atoms with Gasteiger partial charge >= 0.3 is 5.97 Å². The quantitative estimate of drug-likeness (QED) is 0.401. The summed E-state index contributed by atoms with van der Waals surface area (Å²) in [5, 5.41) is 1.16. The summed E-state index contributed by atoms with van der Waals surface area (Å²) in [7, 11) is 2.87. The fraction of sp³-hybridized carbons (Fsp3) is 0.364. The Morgan fingerprint density at radius 3 is 2.58 bits per heavy atom. The third-order valence-electron chi connectivity index (χ3n) is 5.72. The van der Waals surface area contributed by atoms with E-state index < -0.39 is 5.97 Å². The van der Waals surface area contributed by atoms with Crippen LogP contribution in [0.3, 0.4) is 0 Å². The molecule has 1 aromatic heterocycles. The van der Waals surface area contributed by atoms with Gasteiger partial charge in [-0.3, -0.25) is 19.3 Å². The maximum absolute atomic E-state index is 12.8. The molecule has 2 aliphatic rings. The average molecular weight is 441 g/mol. The summed E-state index contributed by atoms with van der Waals surface area (Å²) in [6, 6.07) is 7.73. The molecule has 2 fully saturated rings. The number of para-hydroxylation sites is 1. The zero-order valence-electron chi connectivity index (χ0n) is 17.5. The van der Waals surface area contributed by atoms with Crippen molar-refractivity contribution in [3.8, 4) is 0 Å². The minimum atomic E-state index is -0.491. The fourth-order valence-electron chi connectivity index (χ4n) is 4.02. The van der Waals surface area contributed by atoms with E-state index in [2.05, 4.69) is 0 Å². The predicted octanol–water partition coefficient (Wildman–Crippen LogP) is 1.84. The number of hydrogen-bond donors (Lipinski definition) is 0. The second-order valence-electron chi connectivity index (χ2n) is 7.66. The van der Waals surface area contributed by atoms with Gasteiger partial charge in [-0.05, 0) is 37.2 Å². The molecule has 2 aromatic rings. The Kier molecular flexibility index (Phi) is 5.77. The number of likely N-dealkylation sites (tertiary alicyclic amines) is 1. The van der Waals surface area contributed by atoms with Gasteiger partial charge in [0.05, 0.1) is 7.11 Å². The highest BCUT2D eigenvalue weighted by atomic mass is 32.1. The number of likely N-dealkylation sites (N-methyl/N-ethyl adjacent to an activating group) is 1. The molecule has 2 saturated heterocycles. The standard InChI is InChI=1S/C22H24N4O4S/c1-23-21(29)18(26(22(23)31)14-20(28)30-2)11-15-12-25(17-8-4-3-7-16(15)17)13-19(27)24-9-5-6-10-24/h3-4,7-8,11-12H,5-6,9-10,13-14H2,1-2H3/b18-11-. The van der Waals surface area contributed by atoms with Crippen LogP contribution < -0.4 is 0 Å². The van der Waals surface area contributed by atoms with Gasteiger partial charge in [-0.1, -0.05) is 18.2 Å². The maximum atomic E-state index is 12.8. The van der Waals surface area contributed by atoms with E-state index in [-0.39, 0.29) is 30.0 Å². The van der Waals surface area contributed by atoms with Crippen molar-refractivity contribution in [3.05, 3.63) is 41.7 Å². The molecule has 9 heteroatoms. The Bertz CT molecular complexity index is 1100. The van der Waals surface area contributed by atoms with Crippen molar-refractivity contribution in [1.29, 1.82) is 0 Å². The van der Waals surface area contributed by atoms with Crippen LogP contribution in [-0.4, -0.2) is 76.0 Å². The number of nitrogens with zero attached hydrogens (tertiary/aromatic N) is 4. The zero-order valence-corrected chi connectivity index (χ0v) is 18.4. The van der Waals surface area contributed by atoms with Crippen LogP contribution in [0.25, 0.3) is 17.0 Å². The van der Waals surface area contributed by atoms with Crippen molar-refractivity contribution in [2.45, 2.75) is 19.4 Å². The molecule has 4 rings (SSSR count). The lowest BCUT2D eigenvalue weighted by molar-refractivity contribution is -0.140. The highest BCUT2D eigenvalue weighted by Crippen LogP contribution is 2.28. The number of ether oxygens (including phenoxy) is 1. The van der Waals surface area contributed by atoms with Gasteiger partial charge in [0.1, 0.15) is 18.8 Å². The number of methoxy groups -OCH3 is 1. The highest BCUT2D eigenvalue weighted by molar-refractivity contribution is 7.80. The van der Waals surface area contributed by atoms with Crippen LogP contribution in [0.2, 0.25) is 0 Å². The number of carbonyl (C=O) groups is 3. The molecule has 2 aliphatic heterocycles. The van der Waals surface area contributed by atoms with E-state index in [0.29, 0.717) is 5.70 Å². The van der Waals surface area contributed by atoms with Crippen molar-refractivity contribution in [1.82, 2.24) is 19.3 Å². The molecule has 162 valence electrons. The van der Waals surface area contributed by atoms with Gasteiger partial charge in [0, 0.05) is 42.8 Å². The Balaban J connectivity index is 1.72. The summed E-state index contributed by atoms with van der Waals surface area (Å²) in [5.74, 6) is -0.698. The number of thiocarbonyl (C=S) groups is 1. The minimum absolute atomic E-state index is 0.0858. The monoisotopic (exact) mass is 440 g/mol. The predicted molar refractivity (Wildman–Crippen MR) is 120 cm³/mol. The Morgan fingerprint density at radius 1 is 1.16 bits per heavy atom. The molecule has 1 aromatic carbocycles. The molecule has 0 N–H and O–H groups in total. The summed E-state index contributed by atoms with van der Waals surface area (Å²) < 4.78 is 6.66. The van der Waals surface area contributed by atoms with E-state index in [4.69, 9.17) is 17.0 Å². The van der Waals surface area contributed by atoms with Gasteiger partial charge in [-0.2, -0.15) is 0 Å². The molecular weight excluding hydrogens is 416 g/mol.